The molecule has 1 heterocycles. The molecular weight excluding hydrogens is 232 g/mol. The van der Waals surface area contributed by atoms with Gasteiger partial charge in [-0.05, 0) is 20.8 Å². The van der Waals surface area contributed by atoms with Crippen LogP contribution in [-0.4, -0.2) is 40.0 Å². The summed E-state index contributed by atoms with van der Waals surface area (Å²) in [7, 11) is -3.41. The summed E-state index contributed by atoms with van der Waals surface area (Å²) in [5, 5.41) is 0. The zero-order chi connectivity index (χ0) is 12.2. The first kappa shape index (κ1) is 13.9. The summed E-state index contributed by atoms with van der Waals surface area (Å²) >= 11 is 0. The van der Waals surface area contributed by atoms with Gasteiger partial charge in [0.15, 0.2) is 5.79 Å². The largest absolute Gasteiger partial charge is 0.348 e. The first-order valence-corrected chi connectivity index (χ1v) is 6.86. The third kappa shape index (κ3) is 4.75. The maximum Gasteiger partial charge on any atom is 0.277 e. The minimum Gasteiger partial charge on any atom is -0.348 e. The summed E-state index contributed by atoms with van der Waals surface area (Å²) in [5.41, 5.74) is 0. The second-order valence-electron chi connectivity index (χ2n) is 4.25. The molecule has 0 aliphatic carbocycles. The van der Waals surface area contributed by atoms with Crippen molar-refractivity contribution in [3.63, 3.8) is 0 Å². The zero-order valence-electron chi connectivity index (χ0n) is 9.95. The van der Waals surface area contributed by atoms with Gasteiger partial charge < -0.3 is 9.47 Å². The molecule has 1 fully saturated rings. The fourth-order valence-corrected chi connectivity index (χ4v) is 2.54. The van der Waals surface area contributed by atoms with Gasteiger partial charge in [-0.2, -0.15) is 13.1 Å². The molecule has 0 amide bonds. The van der Waals surface area contributed by atoms with Gasteiger partial charge in [0.25, 0.3) is 10.2 Å². The zero-order valence-corrected chi connectivity index (χ0v) is 10.8. The summed E-state index contributed by atoms with van der Waals surface area (Å²) in [6, 6.07) is -0.118. The standard InChI is InChI=1S/C9H20N2O4S/c1-8(2)11-16(12,13)10-5-4-9(3)14-6-7-15-9/h8,10-11H,4-7H2,1-3H3. The maximum atomic E-state index is 11.4. The summed E-state index contributed by atoms with van der Waals surface area (Å²) in [4.78, 5) is 0. The Morgan fingerprint density at radius 1 is 1.31 bits per heavy atom. The SMILES string of the molecule is CC(C)NS(=O)(=O)NCCC1(C)OCCO1. The molecule has 0 atom stereocenters. The van der Waals surface area contributed by atoms with Gasteiger partial charge >= 0.3 is 0 Å². The van der Waals surface area contributed by atoms with Crippen LogP contribution in [0, 0.1) is 0 Å². The van der Waals surface area contributed by atoms with Crippen molar-refractivity contribution in [2.45, 2.75) is 39.0 Å². The average Bonchev–Trinajstić information content (AvgIpc) is 2.49. The van der Waals surface area contributed by atoms with Crippen molar-refractivity contribution in [1.82, 2.24) is 9.44 Å². The molecule has 2 N–H and O–H groups in total. The smallest absolute Gasteiger partial charge is 0.277 e. The molecule has 1 saturated heterocycles. The van der Waals surface area contributed by atoms with Crippen molar-refractivity contribution in [3.8, 4) is 0 Å². The highest BCUT2D eigenvalue weighted by Gasteiger charge is 2.30. The molecule has 96 valence electrons. The molecule has 0 unspecified atom stereocenters. The van der Waals surface area contributed by atoms with E-state index in [1.54, 1.807) is 13.8 Å². The van der Waals surface area contributed by atoms with E-state index in [1.165, 1.54) is 0 Å². The van der Waals surface area contributed by atoms with Crippen LogP contribution in [-0.2, 0) is 19.7 Å². The molecule has 0 bridgehead atoms. The third-order valence-electron chi connectivity index (χ3n) is 2.16. The van der Waals surface area contributed by atoms with E-state index in [2.05, 4.69) is 9.44 Å². The molecule has 0 aromatic heterocycles. The van der Waals surface area contributed by atoms with Crippen LogP contribution in [0.2, 0.25) is 0 Å². The van der Waals surface area contributed by atoms with Crippen LogP contribution < -0.4 is 9.44 Å². The van der Waals surface area contributed by atoms with Crippen LogP contribution in [0.15, 0.2) is 0 Å². The Hall–Kier alpha value is -0.210. The summed E-state index contributed by atoms with van der Waals surface area (Å²) in [6.45, 7) is 6.76. The van der Waals surface area contributed by atoms with E-state index in [1.807, 2.05) is 6.92 Å². The molecule has 0 radical (unpaired) electrons. The highest BCUT2D eigenvalue weighted by Crippen LogP contribution is 2.21. The van der Waals surface area contributed by atoms with E-state index in [9.17, 15) is 8.42 Å². The van der Waals surface area contributed by atoms with Gasteiger partial charge in [0.2, 0.25) is 0 Å². The van der Waals surface area contributed by atoms with Gasteiger partial charge in [0.1, 0.15) is 0 Å². The molecule has 7 heteroatoms. The van der Waals surface area contributed by atoms with Crippen molar-refractivity contribution in [2.24, 2.45) is 0 Å². The van der Waals surface area contributed by atoms with Gasteiger partial charge in [-0.15, -0.1) is 0 Å². The Morgan fingerprint density at radius 2 is 1.88 bits per heavy atom. The number of rotatable bonds is 6. The van der Waals surface area contributed by atoms with Crippen molar-refractivity contribution < 1.29 is 17.9 Å². The monoisotopic (exact) mass is 252 g/mol. The molecular formula is C9H20N2O4S. The van der Waals surface area contributed by atoms with Gasteiger partial charge in [-0.25, -0.2) is 4.72 Å². The van der Waals surface area contributed by atoms with Crippen LogP contribution >= 0.6 is 0 Å². The van der Waals surface area contributed by atoms with Gasteiger partial charge in [0.05, 0.1) is 13.2 Å². The lowest BCUT2D eigenvalue weighted by Crippen LogP contribution is -2.42. The summed E-state index contributed by atoms with van der Waals surface area (Å²) < 4.78 is 38.4. The van der Waals surface area contributed by atoms with Crippen LogP contribution in [0.5, 0.6) is 0 Å². The van der Waals surface area contributed by atoms with E-state index in [0.29, 0.717) is 26.2 Å². The third-order valence-corrected chi connectivity index (χ3v) is 3.53. The van der Waals surface area contributed by atoms with Gasteiger partial charge in [0, 0.05) is 19.0 Å². The quantitative estimate of drug-likeness (QED) is 0.696. The van der Waals surface area contributed by atoms with Crippen molar-refractivity contribution in [1.29, 1.82) is 0 Å². The number of nitrogens with one attached hydrogen (secondary N) is 2. The molecule has 0 aromatic carbocycles. The first-order valence-electron chi connectivity index (χ1n) is 5.38. The summed E-state index contributed by atoms with van der Waals surface area (Å²) in [6.07, 6.45) is 0.492. The fourth-order valence-electron chi connectivity index (χ4n) is 1.47. The van der Waals surface area contributed by atoms with Crippen LogP contribution in [0.1, 0.15) is 27.2 Å². The van der Waals surface area contributed by atoms with E-state index < -0.39 is 16.0 Å². The second-order valence-corrected chi connectivity index (χ2v) is 5.78. The van der Waals surface area contributed by atoms with Gasteiger partial charge in [-0.1, -0.05) is 0 Å². The highest BCUT2D eigenvalue weighted by molar-refractivity contribution is 7.87. The predicted molar refractivity (Wildman–Crippen MR) is 60.1 cm³/mol. The van der Waals surface area contributed by atoms with Crippen LogP contribution in [0.4, 0.5) is 0 Å². The van der Waals surface area contributed by atoms with Crippen LogP contribution in [0.25, 0.3) is 0 Å². The van der Waals surface area contributed by atoms with E-state index in [0.717, 1.165) is 0 Å². The fraction of sp³-hybridized carbons (Fsp3) is 1.00. The molecule has 1 rings (SSSR count). The lowest BCUT2D eigenvalue weighted by atomic mass is 10.2. The molecule has 6 nitrogen and oxygen atoms in total. The van der Waals surface area contributed by atoms with E-state index in [4.69, 9.17) is 9.47 Å². The number of ether oxygens (including phenoxy) is 2. The first-order chi connectivity index (χ1) is 7.33. The van der Waals surface area contributed by atoms with Crippen molar-refractivity contribution in [2.75, 3.05) is 19.8 Å². The second kappa shape index (κ2) is 5.42. The summed E-state index contributed by atoms with van der Waals surface area (Å²) in [5.74, 6) is -0.652. The molecule has 0 aromatic rings. The minimum atomic E-state index is -3.41. The lowest BCUT2D eigenvalue weighted by molar-refractivity contribution is -0.145. The predicted octanol–water partition coefficient (Wildman–Crippen LogP) is -0.0281. The van der Waals surface area contributed by atoms with Gasteiger partial charge in [-0.3, -0.25) is 0 Å². The number of hydrogen-bond acceptors (Lipinski definition) is 4. The van der Waals surface area contributed by atoms with Crippen molar-refractivity contribution in [3.05, 3.63) is 0 Å². The van der Waals surface area contributed by atoms with Crippen molar-refractivity contribution >= 4 is 10.2 Å². The van der Waals surface area contributed by atoms with E-state index >= 15 is 0 Å². The average molecular weight is 252 g/mol. The van der Waals surface area contributed by atoms with Crippen LogP contribution in [0.3, 0.4) is 0 Å². The Kier molecular flexibility index (Phi) is 4.69. The Labute approximate surface area is 96.9 Å². The lowest BCUT2D eigenvalue weighted by Gasteiger charge is -2.22. The molecule has 0 spiro atoms. The Morgan fingerprint density at radius 3 is 2.38 bits per heavy atom. The maximum absolute atomic E-state index is 11.4. The molecule has 0 saturated carbocycles. The highest BCUT2D eigenvalue weighted by atomic mass is 32.2. The topological polar surface area (TPSA) is 76.7 Å². The molecule has 1 aliphatic heterocycles. The Bertz CT molecular complexity index is 309. The minimum absolute atomic E-state index is 0.118. The molecule has 1 aliphatic rings. The number of hydrogen-bond donors (Lipinski definition) is 2. The molecule has 16 heavy (non-hydrogen) atoms. The van der Waals surface area contributed by atoms with E-state index in [-0.39, 0.29) is 6.04 Å². The normalized spacial score (nSPS) is 20.5. The Balaban J connectivity index is 2.29.